The van der Waals surface area contributed by atoms with Crippen LogP contribution in [0.5, 0.6) is 0 Å². The highest BCUT2D eigenvalue weighted by Crippen LogP contribution is 2.26. The summed E-state index contributed by atoms with van der Waals surface area (Å²) in [5.41, 5.74) is 4.15. The normalized spacial score (nSPS) is 22.1. The molecule has 1 fully saturated rings. The molecule has 2 atom stereocenters. The molecule has 0 saturated carbocycles. The van der Waals surface area contributed by atoms with Crippen molar-refractivity contribution in [3.63, 3.8) is 0 Å². The van der Waals surface area contributed by atoms with Crippen LogP contribution in [-0.4, -0.2) is 23.0 Å². The Bertz CT molecular complexity index is 814. The van der Waals surface area contributed by atoms with Crippen molar-refractivity contribution < 1.29 is 4.42 Å². The highest BCUT2D eigenvalue weighted by molar-refractivity contribution is 5.76. The molecule has 124 valence electrons. The third-order valence-corrected chi connectivity index (χ3v) is 4.82. The Labute approximate surface area is 143 Å². The van der Waals surface area contributed by atoms with Crippen LogP contribution in [0.15, 0.2) is 52.9 Å². The fourth-order valence-corrected chi connectivity index (χ4v) is 3.95. The summed E-state index contributed by atoms with van der Waals surface area (Å²) in [5, 5.41) is 0. The molecule has 0 radical (unpaired) electrons. The molecule has 3 nitrogen and oxygen atoms in total. The molecule has 4 rings (SSSR count). The molecule has 2 aromatic carbocycles. The molecule has 24 heavy (non-hydrogen) atoms. The van der Waals surface area contributed by atoms with Gasteiger partial charge >= 0.3 is 0 Å². The van der Waals surface area contributed by atoms with Gasteiger partial charge in [-0.2, -0.15) is 0 Å². The van der Waals surface area contributed by atoms with Gasteiger partial charge in [0.25, 0.3) is 0 Å². The molecule has 1 aromatic heterocycles. The molecule has 0 spiro atoms. The maximum atomic E-state index is 5.91. The quantitative estimate of drug-likeness (QED) is 0.682. The van der Waals surface area contributed by atoms with Crippen molar-refractivity contribution >= 4 is 11.1 Å². The van der Waals surface area contributed by atoms with Gasteiger partial charge in [-0.3, -0.25) is 4.90 Å². The minimum atomic E-state index is 0.697. The molecule has 1 aliphatic heterocycles. The molecular weight excluding hydrogens is 296 g/mol. The van der Waals surface area contributed by atoms with Crippen LogP contribution in [0.25, 0.3) is 22.6 Å². The molecule has 0 N–H and O–H groups in total. The van der Waals surface area contributed by atoms with Gasteiger partial charge < -0.3 is 4.42 Å². The third kappa shape index (κ3) is 3.22. The predicted octanol–water partition coefficient (Wildman–Crippen LogP) is 4.97. The van der Waals surface area contributed by atoms with Gasteiger partial charge in [-0.25, -0.2) is 4.98 Å². The van der Waals surface area contributed by atoms with Gasteiger partial charge in [-0.1, -0.05) is 38.1 Å². The maximum absolute atomic E-state index is 5.91. The second-order valence-electron chi connectivity index (χ2n) is 7.33. The van der Waals surface area contributed by atoms with Gasteiger partial charge in [-0.05, 0) is 48.1 Å². The summed E-state index contributed by atoms with van der Waals surface area (Å²) in [6.07, 6.45) is 1.35. The van der Waals surface area contributed by atoms with E-state index in [4.69, 9.17) is 4.42 Å². The molecule has 0 unspecified atom stereocenters. The summed E-state index contributed by atoms with van der Waals surface area (Å²) >= 11 is 0. The van der Waals surface area contributed by atoms with Crippen LogP contribution in [0.4, 0.5) is 0 Å². The van der Waals surface area contributed by atoms with Crippen molar-refractivity contribution in [1.82, 2.24) is 9.88 Å². The molecule has 3 heteroatoms. The Morgan fingerprint density at radius 2 is 1.79 bits per heavy atom. The largest absolute Gasteiger partial charge is 0.436 e. The zero-order valence-corrected chi connectivity index (χ0v) is 14.4. The number of likely N-dealkylation sites (tertiary alicyclic amines) is 1. The second-order valence-corrected chi connectivity index (χ2v) is 7.33. The van der Waals surface area contributed by atoms with Crippen molar-refractivity contribution in [2.24, 2.45) is 11.8 Å². The van der Waals surface area contributed by atoms with Gasteiger partial charge in [0, 0.05) is 25.2 Å². The predicted molar refractivity (Wildman–Crippen MR) is 97.7 cm³/mol. The maximum Gasteiger partial charge on any atom is 0.227 e. The van der Waals surface area contributed by atoms with Gasteiger partial charge in [0.1, 0.15) is 5.52 Å². The molecular formula is C21H24N2O. The lowest BCUT2D eigenvalue weighted by molar-refractivity contribution is 0.134. The van der Waals surface area contributed by atoms with Crippen molar-refractivity contribution in [1.29, 1.82) is 0 Å². The van der Waals surface area contributed by atoms with Gasteiger partial charge in [0.15, 0.2) is 5.58 Å². The summed E-state index contributed by atoms with van der Waals surface area (Å²) < 4.78 is 5.91. The number of nitrogens with zero attached hydrogens (tertiary/aromatic N) is 2. The monoisotopic (exact) mass is 320 g/mol. The minimum absolute atomic E-state index is 0.697. The van der Waals surface area contributed by atoms with E-state index < -0.39 is 0 Å². The molecule has 2 heterocycles. The van der Waals surface area contributed by atoms with Crippen LogP contribution in [0, 0.1) is 11.8 Å². The van der Waals surface area contributed by atoms with Crippen LogP contribution < -0.4 is 0 Å². The summed E-state index contributed by atoms with van der Waals surface area (Å²) in [6, 6.07) is 16.5. The van der Waals surface area contributed by atoms with E-state index in [0.29, 0.717) is 5.89 Å². The van der Waals surface area contributed by atoms with Gasteiger partial charge in [-0.15, -0.1) is 0 Å². The van der Waals surface area contributed by atoms with Crippen LogP contribution in [0.3, 0.4) is 0 Å². The van der Waals surface area contributed by atoms with Crippen LogP contribution in [0.2, 0.25) is 0 Å². The summed E-state index contributed by atoms with van der Waals surface area (Å²) in [5.74, 6) is 2.27. The third-order valence-electron chi connectivity index (χ3n) is 4.82. The van der Waals surface area contributed by atoms with Gasteiger partial charge in [0.05, 0.1) is 0 Å². The zero-order chi connectivity index (χ0) is 16.5. The first kappa shape index (κ1) is 15.4. The van der Waals surface area contributed by atoms with E-state index >= 15 is 0 Å². The standard InChI is InChI=1S/C21H24N2O/c1-15-10-16(2)13-23(12-15)14-17-8-9-20-19(11-17)22-21(24-20)18-6-4-3-5-7-18/h3-9,11,15-16H,10,12-14H2,1-2H3/t15-,16-/m1/s1. The Morgan fingerprint density at radius 1 is 1.04 bits per heavy atom. The van der Waals surface area contributed by atoms with Crippen molar-refractivity contribution in [3.8, 4) is 11.5 Å². The first-order valence-corrected chi connectivity index (χ1v) is 8.84. The van der Waals surface area contributed by atoms with Crippen molar-refractivity contribution in [3.05, 3.63) is 54.1 Å². The fourth-order valence-electron chi connectivity index (χ4n) is 3.95. The summed E-state index contributed by atoms with van der Waals surface area (Å²) in [6.45, 7) is 8.09. The molecule has 0 bridgehead atoms. The topological polar surface area (TPSA) is 29.3 Å². The zero-order valence-electron chi connectivity index (χ0n) is 14.4. The number of hydrogen-bond donors (Lipinski definition) is 0. The lowest BCUT2D eigenvalue weighted by Crippen LogP contribution is -2.38. The lowest BCUT2D eigenvalue weighted by atomic mass is 9.91. The number of aromatic nitrogens is 1. The Morgan fingerprint density at radius 3 is 2.54 bits per heavy atom. The Balaban J connectivity index is 1.57. The van der Waals surface area contributed by atoms with Crippen molar-refractivity contribution in [2.45, 2.75) is 26.8 Å². The molecule has 0 aliphatic carbocycles. The Hall–Kier alpha value is -2.13. The van der Waals surface area contributed by atoms with E-state index in [1.54, 1.807) is 0 Å². The average molecular weight is 320 g/mol. The minimum Gasteiger partial charge on any atom is -0.436 e. The Kier molecular flexibility index (Phi) is 4.11. The van der Waals surface area contributed by atoms with Crippen molar-refractivity contribution in [2.75, 3.05) is 13.1 Å². The summed E-state index contributed by atoms with van der Waals surface area (Å²) in [7, 11) is 0. The highest BCUT2D eigenvalue weighted by atomic mass is 16.3. The van der Waals surface area contributed by atoms with E-state index in [1.807, 2.05) is 30.3 Å². The van der Waals surface area contributed by atoms with E-state index in [-0.39, 0.29) is 0 Å². The lowest BCUT2D eigenvalue weighted by Gasteiger charge is -2.34. The highest BCUT2D eigenvalue weighted by Gasteiger charge is 2.21. The number of hydrogen-bond acceptors (Lipinski definition) is 3. The second kappa shape index (κ2) is 6.40. The molecule has 1 saturated heterocycles. The molecule has 3 aromatic rings. The number of benzene rings is 2. The smallest absolute Gasteiger partial charge is 0.227 e. The number of piperidine rings is 1. The first-order chi connectivity index (χ1) is 11.7. The van der Waals surface area contributed by atoms with E-state index in [0.717, 1.165) is 35.0 Å². The van der Waals surface area contributed by atoms with Crippen LogP contribution in [-0.2, 0) is 6.54 Å². The fraction of sp³-hybridized carbons (Fsp3) is 0.381. The van der Waals surface area contributed by atoms with E-state index in [9.17, 15) is 0 Å². The SMILES string of the molecule is C[C@@H]1C[C@@H](C)CN(Cc2ccc3oc(-c4ccccc4)nc3c2)C1. The number of oxazole rings is 1. The first-order valence-electron chi connectivity index (χ1n) is 8.84. The van der Waals surface area contributed by atoms with Crippen LogP contribution >= 0.6 is 0 Å². The van der Waals surface area contributed by atoms with Gasteiger partial charge in [0.2, 0.25) is 5.89 Å². The molecule has 0 amide bonds. The number of fused-ring (bicyclic) bond motifs is 1. The van der Waals surface area contributed by atoms with E-state index in [1.165, 1.54) is 25.1 Å². The summed E-state index contributed by atoms with van der Waals surface area (Å²) in [4.78, 5) is 7.25. The average Bonchev–Trinajstić information content (AvgIpc) is 2.98. The number of rotatable bonds is 3. The molecule has 1 aliphatic rings. The van der Waals surface area contributed by atoms with E-state index in [2.05, 4.69) is 41.9 Å². The van der Waals surface area contributed by atoms with Crippen LogP contribution in [0.1, 0.15) is 25.8 Å².